The van der Waals surface area contributed by atoms with E-state index in [4.69, 9.17) is 0 Å². The molecule has 1 fully saturated rings. The largest absolute Gasteiger partial charge is 4.00 e. The molecule has 3 rings (SSSR count). The van der Waals surface area contributed by atoms with Crippen molar-refractivity contribution in [2.75, 3.05) is 0 Å². The first-order valence-corrected chi connectivity index (χ1v) is 6.78. The summed E-state index contributed by atoms with van der Waals surface area (Å²) in [5.74, 6) is 1.75. The Labute approximate surface area is 155 Å². The van der Waals surface area contributed by atoms with Crippen molar-refractivity contribution in [3.05, 3.63) is 60.6 Å². The molecular formula is C17H22Cl2Zr. The molecule has 0 heterocycles. The molecule has 0 nitrogen and oxygen atoms in total. The zero-order valence-electron chi connectivity index (χ0n) is 11.9. The van der Waals surface area contributed by atoms with Gasteiger partial charge in [-0.15, -0.1) is 12.2 Å². The number of hydrogen-bond donors (Lipinski definition) is 0. The van der Waals surface area contributed by atoms with Crippen LogP contribution < -0.4 is 24.8 Å². The Balaban J connectivity index is 0. The summed E-state index contributed by atoms with van der Waals surface area (Å²) in [6, 6.07) is 10.0. The maximum Gasteiger partial charge on any atom is 4.00 e. The molecule has 0 radical (unpaired) electrons. The SMILES string of the molecule is CCCC1[CH-]C2=CC=CCC2C1.[Cl-].[Cl-].[Zr+4].c1cc[cH-]c1. The Morgan fingerprint density at radius 3 is 2.40 bits per heavy atom. The average Bonchev–Trinajstić information content (AvgIpc) is 3.01. The van der Waals surface area contributed by atoms with Crippen LogP contribution in [0.15, 0.2) is 54.1 Å². The van der Waals surface area contributed by atoms with Gasteiger partial charge in [-0.25, -0.2) is 30.2 Å². The van der Waals surface area contributed by atoms with Gasteiger partial charge in [-0.2, -0.15) is 18.2 Å². The van der Waals surface area contributed by atoms with Gasteiger partial charge in [0, 0.05) is 0 Å². The van der Waals surface area contributed by atoms with Crippen molar-refractivity contribution in [2.24, 2.45) is 11.8 Å². The molecule has 0 amide bonds. The van der Waals surface area contributed by atoms with E-state index in [1.807, 2.05) is 30.3 Å². The van der Waals surface area contributed by atoms with Gasteiger partial charge in [0.25, 0.3) is 0 Å². The third-order valence-corrected chi connectivity index (χ3v) is 3.55. The van der Waals surface area contributed by atoms with Gasteiger partial charge in [-0.3, -0.25) is 0 Å². The number of fused-ring (bicyclic) bond motifs is 1. The van der Waals surface area contributed by atoms with Crippen LogP contribution in [0.1, 0.15) is 32.6 Å². The fourth-order valence-electron chi connectivity index (χ4n) is 2.72. The van der Waals surface area contributed by atoms with Gasteiger partial charge in [0.1, 0.15) is 0 Å². The summed E-state index contributed by atoms with van der Waals surface area (Å²) in [7, 11) is 0. The molecule has 0 saturated heterocycles. The van der Waals surface area contributed by atoms with Gasteiger partial charge in [0.2, 0.25) is 0 Å². The maximum absolute atomic E-state index is 2.50. The fraction of sp³-hybridized carbons (Fsp3) is 0.412. The van der Waals surface area contributed by atoms with Crippen LogP contribution in [-0.4, -0.2) is 0 Å². The maximum atomic E-state index is 2.50. The first-order valence-electron chi connectivity index (χ1n) is 6.78. The second kappa shape index (κ2) is 12.9. The Bertz CT molecular complexity index is 351. The Morgan fingerprint density at radius 2 is 1.90 bits per heavy atom. The molecular weight excluding hydrogens is 366 g/mol. The standard InChI is InChI=1S/C12H17.C5H5.2ClH.Zr/c1-2-5-10-8-11-6-3-4-7-12(11)9-10;1-2-4-5-3-1;;;/h3-4,6,8,10,12H,2,5,7,9H2,1H3;1-5H;2*1H;/q2*-1;;;+4/p-2. The van der Waals surface area contributed by atoms with Crippen LogP contribution in [0.4, 0.5) is 0 Å². The predicted molar refractivity (Wildman–Crippen MR) is 74.7 cm³/mol. The normalized spacial score (nSPS) is 21.6. The molecule has 0 aromatic heterocycles. The van der Waals surface area contributed by atoms with E-state index < -0.39 is 0 Å². The number of allylic oxidation sites excluding steroid dienone is 4. The molecule has 1 saturated carbocycles. The molecule has 108 valence electrons. The van der Waals surface area contributed by atoms with Crippen LogP contribution in [0.3, 0.4) is 0 Å². The zero-order valence-corrected chi connectivity index (χ0v) is 15.9. The summed E-state index contributed by atoms with van der Waals surface area (Å²) in [6.45, 7) is 2.28. The summed E-state index contributed by atoms with van der Waals surface area (Å²) < 4.78 is 0. The third-order valence-electron chi connectivity index (χ3n) is 3.55. The Hall–Kier alpha value is 0.163. The van der Waals surface area contributed by atoms with Crippen molar-refractivity contribution in [3.63, 3.8) is 0 Å². The molecule has 1 aromatic carbocycles. The van der Waals surface area contributed by atoms with Crippen molar-refractivity contribution in [1.29, 1.82) is 0 Å². The van der Waals surface area contributed by atoms with Crippen LogP contribution in [-0.2, 0) is 26.2 Å². The molecule has 2 atom stereocenters. The van der Waals surface area contributed by atoms with Gasteiger partial charge >= 0.3 is 26.2 Å². The third kappa shape index (κ3) is 7.25. The molecule has 20 heavy (non-hydrogen) atoms. The smallest absolute Gasteiger partial charge is 1.00 e. The van der Waals surface area contributed by atoms with Crippen molar-refractivity contribution in [2.45, 2.75) is 32.6 Å². The van der Waals surface area contributed by atoms with Gasteiger partial charge in [-0.05, 0) is 12.3 Å². The summed E-state index contributed by atoms with van der Waals surface area (Å²) in [4.78, 5) is 0. The van der Waals surface area contributed by atoms with Gasteiger partial charge < -0.3 is 24.8 Å². The quantitative estimate of drug-likeness (QED) is 0.566. The van der Waals surface area contributed by atoms with E-state index in [0.717, 1.165) is 11.8 Å². The minimum atomic E-state index is 0. The van der Waals surface area contributed by atoms with Crippen LogP contribution in [0.2, 0.25) is 0 Å². The van der Waals surface area contributed by atoms with E-state index in [0.29, 0.717) is 0 Å². The average molecular weight is 388 g/mol. The Morgan fingerprint density at radius 1 is 1.20 bits per heavy atom. The molecule has 1 aromatic rings. The van der Waals surface area contributed by atoms with E-state index in [1.165, 1.54) is 25.7 Å². The van der Waals surface area contributed by atoms with Crippen molar-refractivity contribution < 1.29 is 51.0 Å². The van der Waals surface area contributed by atoms with E-state index in [2.05, 4.69) is 31.6 Å². The number of rotatable bonds is 2. The van der Waals surface area contributed by atoms with Gasteiger partial charge in [0.15, 0.2) is 0 Å². The Kier molecular flexibility index (Phi) is 14.4. The monoisotopic (exact) mass is 386 g/mol. The molecule has 3 heteroatoms. The zero-order chi connectivity index (χ0) is 11.9. The van der Waals surface area contributed by atoms with Crippen LogP contribution in [0, 0.1) is 18.3 Å². The molecule has 2 unspecified atom stereocenters. The van der Waals surface area contributed by atoms with E-state index >= 15 is 0 Å². The van der Waals surface area contributed by atoms with E-state index in [-0.39, 0.29) is 51.0 Å². The first-order chi connectivity index (χ1) is 8.40. The summed E-state index contributed by atoms with van der Waals surface area (Å²) in [5, 5.41) is 0. The number of hydrogen-bond acceptors (Lipinski definition) is 0. The van der Waals surface area contributed by atoms with E-state index in [9.17, 15) is 0 Å². The van der Waals surface area contributed by atoms with E-state index in [1.54, 1.807) is 5.57 Å². The van der Waals surface area contributed by atoms with Gasteiger partial charge in [-0.1, -0.05) is 32.1 Å². The van der Waals surface area contributed by atoms with Crippen LogP contribution >= 0.6 is 0 Å². The second-order valence-corrected chi connectivity index (χ2v) is 4.94. The van der Waals surface area contributed by atoms with Crippen molar-refractivity contribution in [1.82, 2.24) is 0 Å². The summed E-state index contributed by atoms with van der Waals surface area (Å²) in [5.41, 5.74) is 1.61. The fourth-order valence-corrected chi connectivity index (χ4v) is 2.72. The molecule has 0 aliphatic heterocycles. The topological polar surface area (TPSA) is 0 Å². The second-order valence-electron chi connectivity index (χ2n) is 4.94. The molecule has 0 bridgehead atoms. The van der Waals surface area contributed by atoms with Crippen LogP contribution in [0.25, 0.3) is 0 Å². The summed E-state index contributed by atoms with van der Waals surface area (Å²) in [6.07, 6.45) is 14.7. The van der Waals surface area contributed by atoms with Crippen molar-refractivity contribution >= 4 is 0 Å². The van der Waals surface area contributed by atoms with Crippen molar-refractivity contribution in [3.8, 4) is 0 Å². The molecule has 0 spiro atoms. The van der Waals surface area contributed by atoms with Gasteiger partial charge in [0.05, 0.1) is 0 Å². The molecule has 2 aliphatic carbocycles. The first kappa shape index (κ1) is 22.4. The van der Waals surface area contributed by atoms with Crippen LogP contribution in [0.5, 0.6) is 0 Å². The molecule has 2 aliphatic rings. The predicted octanol–water partition coefficient (Wildman–Crippen LogP) is -1.08. The molecule has 0 N–H and O–H groups in total. The minimum absolute atomic E-state index is 0. The minimum Gasteiger partial charge on any atom is -1.00 e. The summed E-state index contributed by atoms with van der Waals surface area (Å²) >= 11 is 0. The number of halogens is 2.